The number of para-hydroxylation sites is 2. The standard InChI is InChI=1S/C28H20N2O3S/c31-26-16-13-21(19-25(26)30(32)33)28-18-17-27(34-28)20-11-14-24(15-12-20)29(22-7-3-1-4-8-22)23-9-5-2-6-10-23/h1-19,31H. The predicted octanol–water partition coefficient (Wildman–Crippen LogP) is 8.17. The van der Waals surface area contributed by atoms with Crippen LogP contribution in [0.3, 0.4) is 0 Å². The summed E-state index contributed by atoms with van der Waals surface area (Å²) in [6.45, 7) is 0. The molecule has 0 radical (unpaired) electrons. The zero-order valence-electron chi connectivity index (χ0n) is 18.0. The van der Waals surface area contributed by atoms with E-state index in [9.17, 15) is 15.2 Å². The van der Waals surface area contributed by atoms with Crippen LogP contribution >= 0.6 is 11.3 Å². The lowest BCUT2D eigenvalue weighted by atomic mass is 10.1. The highest BCUT2D eigenvalue weighted by Crippen LogP contribution is 2.39. The van der Waals surface area contributed by atoms with E-state index in [0.29, 0.717) is 5.56 Å². The van der Waals surface area contributed by atoms with Crippen molar-refractivity contribution in [1.82, 2.24) is 0 Å². The third-order valence-corrected chi connectivity index (χ3v) is 6.68. The molecule has 1 N–H and O–H groups in total. The SMILES string of the molecule is O=[N+]([O-])c1cc(-c2ccc(-c3ccc(N(c4ccccc4)c4ccccc4)cc3)s2)ccc1O. The molecule has 0 fully saturated rings. The second kappa shape index (κ2) is 9.21. The van der Waals surface area contributed by atoms with Crippen molar-refractivity contribution in [1.29, 1.82) is 0 Å². The quantitative estimate of drug-likeness (QED) is 0.203. The van der Waals surface area contributed by atoms with Crippen molar-refractivity contribution in [2.75, 3.05) is 4.90 Å². The first-order valence-electron chi connectivity index (χ1n) is 10.7. The summed E-state index contributed by atoms with van der Waals surface area (Å²) in [5.41, 5.74) is 4.68. The number of phenols is 1. The van der Waals surface area contributed by atoms with Crippen LogP contribution in [-0.4, -0.2) is 10.0 Å². The first kappa shape index (κ1) is 21.4. The molecule has 166 valence electrons. The summed E-state index contributed by atoms with van der Waals surface area (Å²) in [5, 5.41) is 20.9. The molecular weight excluding hydrogens is 444 g/mol. The van der Waals surface area contributed by atoms with Gasteiger partial charge in [-0.2, -0.15) is 0 Å². The van der Waals surface area contributed by atoms with Crippen molar-refractivity contribution in [3.63, 3.8) is 0 Å². The molecular formula is C28H20N2O3S. The molecule has 1 aromatic heterocycles. The molecule has 5 nitrogen and oxygen atoms in total. The highest BCUT2D eigenvalue weighted by Gasteiger charge is 2.16. The van der Waals surface area contributed by atoms with Gasteiger partial charge in [-0.05, 0) is 71.8 Å². The number of rotatable bonds is 6. The number of nitro benzene ring substituents is 1. The lowest BCUT2D eigenvalue weighted by Crippen LogP contribution is -2.09. The Morgan fingerprint density at radius 1 is 0.647 bits per heavy atom. The van der Waals surface area contributed by atoms with Gasteiger partial charge in [0.1, 0.15) is 0 Å². The van der Waals surface area contributed by atoms with Gasteiger partial charge in [0, 0.05) is 32.9 Å². The van der Waals surface area contributed by atoms with Crippen LogP contribution in [0.1, 0.15) is 0 Å². The van der Waals surface area contributed by atoms with Crippen molar-refractivity contribution >= 4 is 34.1 Å². The number of nitrogens with zero attached hydrogens (tertiary/aromatic N) is 2. The highest BCUT2D eigenvalue weighted by atomic mass is 32.1. The lowest BCUT2D eigenvalue weighted by Gasteiger charge is -2.25. The summed E-state index contributed by atoms with van der Waals surface area (Å²) < 4.78 is 0. The first-order valence-corrected chi connectivity index (χ1v) is 11.5. The minimum atomic E-state index is -0.572. The van der Waals surface area contributed by atoms with Gasteiger partial charge in [-0.25, -0.2) is 0 Å². The van der Waals surface area contributed by atoms with Crippen LogP contribution in [0.15, 0.2) is 115 Å². The largest absolute Gasteiger partial charge is 0.502 e. The molecule has 1 heterocycles. The Bertz CT molecular complexity index is 1390. The third kappa shape index (κ3) is 4.27. The van der Waals surface area contributed by atoms with Gasteiger partial charge in [0.25, 0.3) is 0 Å². The number of hydrogen-bond acceptors (Lipinski definition) is 5. The monoisotopic (exact) mass is 464 g/mol. The Balaban J connectivity index is 1.46. The van der Waals surface area contributed by atoms with E-state index in [-0.39, 0.29) is 11.4 Å². The van der Waals surface area contributed by atoms with Crippen LogP contribution in [0.2, 0.25) is 0 Å². The van der Waals surface area contributed by atoms with E-state index >= 15 is 0 Å². The Hall–Kier alpha value is -4.42. The molecule has 0 saturated carbocycles. The number of nitro groups is 1. The maximum atomic E-state index is 11.2. The molecule has 0 aliphatic carbocycles. The van der Waals surface area contributed by atoms with Crippen molar-refractivity contribution in [2.45, 2.75) is 0 Å². The molecule has 6 heteroatoms. The van der Waals surface area contributed by atoms with Crippen LogP contribution < -0.4 is 4.90 Å². The maximum Gasteiger partial charge on any atom is 0.311 e. The maximum absolute atomic E-state index is 11.2. The van der Waals surface area contributed by atoms with Crippen LogP contribution in [0.4, 0.5) is 22.7 Å². The fourth-order valence-electron chi connectivity index (χ4n) is 3.85. The topological polar surface area (TPSA) is 66.6 Å². The van der Waals surface area contributed by atoms with Crippen LogP contribution in [0.5, 0.6) is 5.75 Å². The van der Waals surface area contributed by atoms with E-state index in [1.165, 1.54) is 12.1 Å². The second-order valence-electron chi connectivity index (χ2n) is 7.68. The van der Waals surface area contributed by atoms with E-state index < -0.39 is 4.92 Å². The van der Waals surface area contributed by atoms with Crippen molar-refractivity contribution in [3.8, 4) is 26.6 Å². The molecule has 0 saturated heterocycles. The number of benzene rings is 4. The molecule has 0 aliphatic heterocycles. The molecule has 4 aromatic carbocycles. The zero-order valence-corrected chi connectivity index (χ0v) is 18.9. The fraction of sp³-hybridized carbons (Fsp3) is 0. The molecule has 34 heavy (non-hydrogen) atoms. The summed E-state index contributed by atoms with van der Waals surface area (Å²) in [5.74, 6) is -0.331. The Kier molecular flexibility index (Phi) is 5.81. The van der Waals surface area contributed by atoms with Gasteiger partial charge in [-0.3, -0.25) is 10.1 Å². The van der Waals surface area contributed by atoms with Crippen molar-refractivity contribution < 1.29 is 10.0 Å². The first-order chi connectivity index (χ1) is 16.6. The minimum absolute atomic E-state index is 0.293. The summed E-state index contributed by atoms with van der Waals surface area (Å²) in [6.07, 6.45) is 0. The van der Waals surface area contributed by atoms with E-state index in [4.69, 9.17) is 0 Å². The summed E-state index contributed by atoms with van der Waals surface area (Å²) in [7, 11) is 0. The van der Waals surface area contributed by atoms with Crippen molar-refractivity contribution in [2.24, 2.45) is 0 Å². The fourth-order valence-corrected chi connectivity index (χ4v) is 4.86. The summed E-state index contributed by atoms with van der Waals surface area (Å²) in [6, 6.07) is 37.3. The molecule has 0 atom stereocenters. The van der Waals surface area contributed by atoms with E-state index in [0.717, 1.165) is 32.4 Å². The third-order valence-electron chi connectivity index (χ3n) is 5.50. The molecule has 0 spiro atoms. The average molecular weight is 465 g/mol. The highest BCUT2D eigenvalue weighted by molar-refractivity contribution is 7.18. The van der Waals surface area contributed by atoms with Crippen LogP contribution in [-0.2, 0) is 0 Å². The summed E-state index contributed by atoms with van der Waals surface area (Å²) in [4.78, 5) is 14.8. The minimum Gasteiger partial charge on any atom is -0.502 e. The van der Waals surface area contributed by atoms with Gasteiger partial charge in [-0.15, -0.1) is 11.3 Å². The van der Waals surface area contributed by atoms with Crippen molar-refractivity contribution in [3.05, 3.63) is 125 Å². The molecule has 0 amide bonds. The Morgan fingerprint density at radius 3 is 1.71 bits per heavy atom. The van der Waals surface area contributed by atoms with Crippen LogP contribution in [0, 0.1) is 10.1 Å². The molecule has 5 aromatic rings. The smallest absolute Gasteiger partial charge is 0.311 e. The lowest BCUT2D eigenvalue weighted by molar-refractivity contribution is -0.385. The molecule has 0 bridgehead atoms. The number of thiophene rings is 1. The number of phenolic OH excluding ortho intramolecular Hbond substituents is 1. The molecule has 0 aliphatic rings. The average Bonchev–Trinajstić information content (AvgIpc) is 3.36. The van der Waals surface area contributed by atoms with Gasteiger partial charge < -0.3 is 10.0 Å². The van der Waals surface area contributed by atoms with Gasteiger partial charge in [-0.1, -0.05) is 48.5 Å². The van der Waals surface area contributed by atoms with Crippen LogP contribution in [0.25, 0.3) is 20.9 Å². The van der Waals surface area contributed by atoms with E-state index in [1.807, 2.05) is 48.5 Å². The van der Waals surface area contributed by atoms with E-state index in [2.05, 4.69) is 53.4 Å². The second-order valence-corrected chi connectivity index (χ2v) is 8.76. The number of anilines is 3. The predicted molar refractivity (Wildman–Crippen MR) is 138 cm³/mol. The van der Waals surface area contributed by atoms with E-state index in [1.54, 1.807) is 17.4 Å². The van der Waals surface area contributed by atoms with Gasteiger partial charge in [0.2, 0.25) is 0 Å². The van der Waals surface area contributed by atoms with Gasteiger partial charge >= 0.3 is 5.69 Å². The number of hydrogen-bond donors (Lipinski definition) is 1. The zero-order chi connectivity index (χ0) is 23.5. The Morgan fingerprint density at radius 2 is 1.15 bits per heavy atom. The summed E-state index contributed by atoms with van der Waals surface area (Å²) >= 11 is 1.55. The molecule has 5 rings (SSSR count). The van der Waals surface area contributed by atoms with Gasteiger partial charge in [0.15, 0.2) is 5.75 Å². The molecule has 0 unspecified atom stereocenters. The van der Waals surface area contributed by atoms with Gasteiger partial charge in [0.05, 0.1) is 4.92 Å². The number of aromatic hydroxyl groups is 1. The normalized spacial score (nSPS) is 10.7. The Labute approximate surface area is 201 Å².